The number of hydrogen-bond acceptors (Lipinski definition) is 1. The van der Waals surface area contributed by atoms with Crippen molar-refractivity contribution in [2.45, 2.75) is 33.7 Å². The number of benzene rings is 2. The smallest absolute Gasteiger partial charge is 0.141 e. The zero-order valence-electron chi connectivity index (χ0n) is 12.4. The molecule has 0 saturated carbocycles. The van der Waals surface area contributed by atoms with Crippen molar-refractivity contribution in [3.8, 4) is 11.4 Å². The van der Waals surface area contributed by atoms with Gasteiger partial charge in [-0.1, -0.05) is 42.8 Å². The summed E-state index contributed by atoms with van der Waals surface area (Å²) in [6, 6.07) is 15.0. The number of aryl methyl sites for hydroxylation is 3. The molecule has 0 aliphatic heterocycles. The maximum absolute atomic E-state index is 4.85. The Balaban J connectivity index is 2.26. The third-order valence-electron chi connectivity index (χ3n) is 3.72. The number of aromatic nitrogens is 2. The maximum Gasteiger partial charge on any atom is 0.141 e. The van der Waals surface area contributed by atoms with Crippen LogP contribution in [0, 0.1) is 13.8 Å². The molecule has 1 heterocycles. The van der Waals surface area contributed by atoms with E-state index in [1.807, 2.05) is 0 Å². The van der Waals surface area contributed by atoms with Crippen LogP contribution >= 0.6 is 0 Å². The number of hydrogen-bond donors (Lipinski definition) is 0. The fraction of sp³-hybridized carbons (Fsp3) is 0.278. The minimum atomic E-state index is 1.00. The predicted molar refractivity (Wildman–Crippen MR) is 84.9 cm³/mol. The molecule has 2 aromatic carbocycles. The highest BCUT2D eigenvalue weighted by Crippen LogP contribution is 2.28. The zero-order chi connectivity index (χ0) is 14.1. The highest BCUT2D eigenvalue weighted by Gasteiger charge is 2.13. The van der Waals surface area contributed by atoms with Gasteiger partial charge in [-0.3, -0.25) is 0 Å². The quantitative estimate of drug-likeness (QED) is 0.668. The van der Waals surface area contributed by atoms with Gasteiger partial charge in [-0.05, 0) is 38.0 Å². The van der Waals surface area contributed by atoms with Gasteiger partial charge in [0.1, 0.15) is 5.82 Å². The monoisotopic (exact) mass is 264 g/mol. The van der Waals surface area contributed by atoms with Crippen molar-refractivity contribution in [1.82, 2.24) is 9.55 Å². The van der Waals surface area contributed by atoms with Crippen molar-refractivity contribution in [1.29, 1.82) is 0 Å². The van der Waals surface area contributed by atoms with Crippen LogP contribution in [0.4, 0.5) is 0 Å². The largest absolute Gasteiger partial charge is 0.324 e. The van der Waals surface area contributed by atoms with E-state index in [0.29, 0.717) is 0 Å². The predicted octanol–water partition coefficient (Wildman–Crippen LogP) is 4.73. The lowest BCUT2D eigenvalue weighted by Gasteiger charge is -2.10. The normalized spacial score (nSPS) is 11.2. The van der Waals surface area contributed by atoms with Crippen molar-refractivity contribution in [3.05, 3.63) is 53.6 Å². The molecule has 2 nitrogen and oxygen atoms in total. The Morgan fingerprint density at radius 2 is 1.85 bits per heavy atom. The molecule has 0 bridgehead atoms. The number of rotatable bonds is 3. The summed E-state index contributed by atoms with van der Waals surface area (Å²) < 4.78 is 2.34. The molecular weight excluding hydrogens is 244 g/mol. The first kappa shape index (κ1) is 12.9. The minimum Gasteiger partial charge on any atom is -0.324 e. The van der Waals surface area contributed by atoms with E-state index in [2.05, 4.69) is 67.8 Å². The molecule has 0 fully saturated rings. The summed E-state index contributed by atoms with van der Waals surface area (Å²) >= 11 is 0. The van der Waals surface area contributed by atoms with Crippen LogP contribution in [0.2, 0.25) is 0 Å². The fourth-order valence-electron chi connectivity index (χ4n) is 2.80. The van der Waals surface area contributed by atoms with Gasteiger partial charge >= 0.3 is 0 Å². The minimum absolute atomic E-state index is 1.00. The van der Waals surface area contributed by atoms with Crippen LogP contribution in [0.25, 0.3) is 22.4 Å². The molecule has 0 aliphatic carbocycles. The lowest BCUT2D eigenvalue weighted by atomic mass is 10.1. The summed E-state index contributed by atoms with van der Waals surface area (Å²) in [5, 5.41) is 0. The second-order valence-electron chi connectivity index (χ2n) is 5.39. The average molecular weight is 264 g/mol. The Morgan fingerprint density at radius 3 is 2.60 bits per heavy atom. The Bertz CT molecular complexity index is 753. The third kappa shape index (κ3) is 2.11. The van der Waals surface area contributed by atoms with Crippen LogP contribution < -0.4 is 0 Å². The zero-order valence-corrected chi connectivity index (χ0v) is 12.4. The molecule has 0 N–H and O–H groups in total. The highest BCUT2D eigenvalue weighted by atomic mass is 15.1. The van der Waals surface area contributed by atoms with E-state index in [1.165, 1.54) is 22.2 Å². The van der Waals surface area contributed by atoms with Crippen molar-refractivity contribution >= 4 is 11.0 Å². The molecule has 0 radical (unpaired) electrons. The van der Waals surface area contributed by atoms with E-state index in [4.69, 9.17) is 4.98 Å². The molecule has 0 spiro atoms. The molecule has 2 heteroatoms. The number of fused-ring (bicyclic) bond motifs is 1. The van der Waals surface area contributed by atoms with E-state index in [1.54, 1.807) is 0 Å². The molecule has 102 valence electrons. The van der Waals surface area contributed by atoms with E-state index in [0.717, 1.165) is 24.3 Å². The van der Waals surface area contributed by atoms with Gasteiger partial charge in [0.25, 0.3) is 0 Å². The van der Waals surface area contributed by atoms with Gasteiger partial charge in [-0.15, -0.1) is 0 Å². The van der Waals surface area contributed by atoms with Gasteiger partial charge in [-0.2, -0.15) is 0 Å². The van der Waals surface area contributed by atoms with Gasteiger partial charge in [0.15, 0.2) is 0 Å². The van der Waals surface area contributed by atoms with Gasteiger partial charge in [-0.25, -0.2) is 4.98 Å². The average Bonchev–Trinajstić information content (AvgIpc) is 2.78. The van der Waals surface area contributed by atoms with Crippen LogP contribution in [0.5, 0.6) is 0 Å². The van der Waals surface area contributed by atoms with Crippen LogP contribution in [0.1, 0.15) is 24.5 Å². The van der Waals surface area contributed by atoms with E-state index < -0.39 is 0 Å². The molecule has 3 rings (SSSR count). The van der Waals surface area contributed by atoms with Crippen molar-refractivity contribution < 1.29 is 0 Å². The van der Waals surface area contributed by atoms with Crippen molar-refractivity contribution in [2.75, 3.05) is 0 Å². The maximum atomic E-state index is 4.85. The van der Waals surface area contributed by atoms with Crippen LogP contribution in [-0.4, -0.2) is 9.55 Å². The topological polar surface area (TPSA) is 17.8 Å². The van der Waals surface area contributed by atoms with E-state index in [-0.39, 0.29) is 0 Å². The Hall–Kier alpha value is -2.09. The van der Waals surface area contributed by atoms with Crippen LogP contribution in [0.3, 0.4) is 0 Å². The van der Waals surface area contributed by atoms with Crippen molar-refractivity contribution in [2.24, 2.45) is 0 Å². The first-order valence-electron chi connectivity index (χ1n) is 7.23. The summed E-state index contributed by atoms with van der Waals surface area (Å²) in [5.74, 6) is 1.09. The Morgan fingerprint density at radius 1 is 1.05 bits per heavy atom. The molecule has 1 aromatic heterocycles. The molecular formula is C18H20N2. The standard InChI is InChI=1S/C18H20N2/c1-4-11-20-17-8-6-5-7-16(17)19-18(20)15-10-9-13(2)12-14(15)3/h5-10,12H,4,11H2,1-3H3. The molecule has 0 amide bonds. The van der Waals surface area contributed by atoms with Gasteiger partial charge < -0.3 is 4.57 Å². The summed E-state index contributed by atoms with van der Waals surface area (Å²) in [6.45, 7) is 7.51. The molecule has 0 aliphatic rings. The Kier molecular flexibility index (Phi) is 3.31. The molecule has 3 aromatic rings. The van der Waals surface area contributed by atoms with Gasteiger partial charge in [0, 0.05) is 12.1 Å². The number of nitrogens with zero attached hydrogens (tertiary/aromatic N) is 2. The van der Waals surface area contributed by atoms with E-state index >= 15 is 0 Å². The summed E-state index contributed by atoms with van der Waals surface area (Å²) in [7, 11) is 0. The SMILES string of the molecule is CCCn1c(-c2ccc(C)cc2C)nc2ccccc21. The van der Waals surface area contributed by atoms with Crippen LogP contribution in [0.15, 0.2) is 42.5 Å². The van der Waals surface area contributed by atoms with Crippen LogP contribution in [-0.2, 0) is 6.54 Å². The number of imidazole rings is 1. The first-order chi connectivity index (χ1) is 9.70. The molecule has 0 unspecified atom stereocenters. The highest BCUT2D eigenvalue weighted by molar-refractivity contribution is 5.81. The summed E-state index contributed by atoms with van der Waals surface area (Å²) in [5.41, 5.74) is 6.13. The molecule has 0 atom stereocenters. The second kappa shape index (κ2) is 5.12. The number of para-hydroxylation sites is 2. The summed E-state index contributed by atoms with van der Waals surface area (Å²) in [6.07, 6.45) is 1.11. The fourth-order valence-corrected chi connectivity index (χ4v) is 2.80. The lowest BCUT2D eigenvalue weighted by Crippen LogP contribution is -2.00. The van der Waals surface area contributed by atoms with Crippen molar-refractivity contribution in [3.63, 3.8) is 0 Å². The lowest BCUT2D eigenvalue weighted by molar-refractivity contribution is 0.704. The summed E-state index contributed by atoms with van der Waals surface area (Å²) in [4.78, 5) is 4.85. The first-order valence-corrected chi connectivity index (χ1v) is 7.23. The van der Waals surface area contributed by atoms with Gasteiger partial charge in [0.2, 0.25) is 0 Å². The molecule has 0 saturated heterocycles. The van der Waals surface area contributed by atoms with E-state index in [9.17, 15) is 0 Å². The second-order valence-corrected chi connectivity index (χ2v) is 5.39. The Labute approximate surface area is 120 Å². The molecule has 20 heavy (non-hydrogen) atoms. The third-order valence-corrected chi connectivity index (χ3v) is 3.72. The van der Waals surface area contributed by atoms with Gasteiger partial charge in [0.05, 0.1) is 11.0 Å².